The van der Waals surface area contributed by atoms with Crippen molar-refractivity contribution in [1.29, 1.82) is 0 Å². The zero-order chi connectivity index (χ0) is 11.9. The Labute approximate surface area is 102 Å². The Morgan fingerprint density at radius 3 is 2.53 bits per heavy atom. The number of nitrogens with one attached hydrogen (secondary N) is 1. The molecule has 2 rings (SSSR count). The van der Waals surface area contributed by atoms with Crippen molar-refractivity contribution >= 4 is 0 Å². The van der Waals surface area contributed by atoms with Gasteiger partial charge in [0.1, 0.15) is 0 Å². The zero-order valence-corrected chi connectivity index (χ0v) is 10.3. The number of nitrogens with zero attached hydrogens (tertiary/aromatic N) is 2. The van der Waals surface area contributed by atoms with Gasteiger partial charge in [-0.1, -0.05) is 30.3 Å². The lowest BCUT2D eigenvalue weighted by Crippen LogP contribution is -2.21. The van der Waals surface area contributed by atoms with Crippen LogP contribution in [0.4, 0.5) is 0 Å². The molecule has 90 valence electrons. The maximum atomic E-state index is 4.15. The summed E-state index contributed by atoms with van der Waals surface area (Å²) in [6, 6.07) is 12.6. The highest BCUT2D eigenvalue weighted by atomic mass is 15.3. The lowest BCUT2D eigenvalue weighted by Gasteiger charge is -2.05. The third-order valence-electron chi connectivity index (χ3n) is 2.91. The van der Waals surface area contributed by atoms with Gasteiger partial charge in [0.05, 0.1) is 0 Å². The van der Waals surface area contributed by atoms with Crippen LogP contribution in [-0.4, -0.2) is 22.9 Å². The van der Waals surface area contributed by atoms with Gasteiger partial charge in [-0.3, -0.25) is 4.68 Å². The molecule has 1 N–H and O–H groups in total. The van der Waals surface area contributed by atoms with Gasteiger partial charge in [0, 0.05) is 31.9 Å². The number of aromatic nitrogens is 2. The predicted molar refractivity (Wildman–Crippen MR) is 69.9 cm³/mol. The van der Waals surface area contributed by atoms with Crippen LogP contribution in [-0.2, 0) is 19.9 Å². The number of hydrogen-bond donors (Lipinski definition) is 1. The topological polar surface area (TPSA) is 29.9 Å². The Morgan fingerprint density at radius 2 is 1.82 bits per heavy atom. The summed E-state index contributed by atoms with van der Waals surface area (Å²) in [7, 11) is 1.99. The van der Waals surface area contributed by atoms with Crippen LogP contribution in [0.1, 0.15) is 11.3 Å². The second-order valence-electron chi connectivity index (χ2n) is 4.18. The summed E-state index contributed by atoms with van der Waals surface area (Å²) in [4.78, 5) is 0. The highest BCUT2D eigenvalue weighted by Gasteiger charge is 1.97. The Balaban J connectivity index is 1.63. The molecule has 0 atom stereocenters. The van der Waals surface area contributed by atoms with E-state index in [0.29, 0.717) is 0 Å². The minimum absolute atomic E-state index is 1.01. The lowest BCUT2D eigenvalue weighted by molar-refractivity contribution is 0.642. The molecule has 0 unspecified atom stereocenters. The van der Waals surface area contributed by atoms with Gasteiger partial charge in [0.2, 0.25) is 0 Å². The van der Waals surface area contributed by atoms with Crippen molar-refractivity contribution in [2.24, 2.45) is 7.05 Å². The smallest absolute Gasteiger partial charge is 0.0492 e. The lowest BCUT2D eigenvalue weighted by atomic mass is 10.1. The molecule has 0 radical (unpaired) electrons. The van der Waals surface area contributed by atoms with Gasteiger partial charge in [0.25, 0.3) is 0 Å². The fourth-order valence-corrected chi connectivity index (χ4v) is 1.87. The fourth-order valence-electron chi connectivity index (χ4n) is 1.87. The van der Waals surface area contributed by atoms with E-state index >= 15 is 0 Å². The van der Waals surface area contributed by atoms with Gasteiger partial charge in [-0.2, -0.15) is 5.10 Å². The van der Waals surface area contributed by atoms with Gasteiger partial charge in [0.15, 0.2) is 0 Å². The molecule has 17 heavy (non-hydrogen) atoms. The van der Waals surface area contributed by atoms with E-state index < -0.39 is 0 Å². The number of rotatable bonds is 6. The molecule has 0 saturated heterocycles. The minimum Gasteiger partial charge on any atom is -0.316 e. The molecule has 0 spiro atoms. The van der Waals surface area contributed by atoms with Gasteiger partial charge in [-0.15, -0.1) is 0 Å². The summed E-state index contributed by atoms with van der Waals surface area (Å²) in [5.74, 6) is 0. The van der Waals surface area contributed by atoms with Crippen LogP contribution >= 0.6 is 0 Å². The minimum atomic E-state index is 1.01. The molecule has 2 aromatic rings. The molecule has 0 fully saturated rings. The molecular weight excluding hydrogens is 210 g/mol. The SMILES string of the molecule is Cn1nccc1CCNCCc1ccccc1. The van der Waals surface area contributed by atoms with E-state index in [1.54, 1.807) is 0 Å². The monoisotopic (exact) mass is 229 g/mol. The summed E-state index contributed by atoms with van der Waals surface area (Å²) in [5, 5.41) is 7.61. The second-order valence-corrected chi connectivity index (χ2v) is 4.18. The van der Waals surface area contributed by atoms with E-state index in [1.165, 1.54) is 11.3 Å². The number of hydrogen-bond acceptors (Lipinski definition) is 2. The largest absolute Gasteiger partial charge is 0.316 e. The van der Waals surface area contributed by atoms with Crippen LogP contribution in [0.3, 0.4) is 0 Å². The molecule has 1 aromatic carbocycles. The van der Waals surface area contributed by atoms with E-state index in [2.05, 4.69) is 46.8 Å². The predicted octanol–water partition coefficient (Wildman–Crippen LogP) is 1.79. The summed E-state index contributed by atoms with van der Waals surface area (Å²) in [6.07, 6.45) is 3.97. The van der Waals surface area contributed by atoms with Gasteiger partial charge in [-0.25, -0.2) is 0 Å². The van der Waals surface area contributed by atoms with Crippen molar-refractivity contribution in [3.63, 3.8) is 0 Å². The first-order chi connectivity index (χ1) is 8.36. The van der Waals surface area contributed by atoms with Crippen molar-refractivity contribution < 1.29 is 0 Å². The first-order valence-electron chi connectivity index (χ1n) is 6.08. The highest BCUT2D eigenvalue weighted by molar-refractivity contribution is 5.14. The zero-order valence-electron chi connectivity index (χ0n) is 10.3. The normalized spacial score (nSPS) is 10.6. The fraction of sp³-hybridized carbons (Fsp3) is 0.357. The van der Waals surface area contributed by atoms with Crippen LogP contribution in [0, 0.1) is 0 Å². The Morgan fingerprint density at radius 1 is 1.06 bits per heavy atom. The van der Waals surface area contributed by atoms with Crippen molar-refractivity contribution in [1.82, 2.24) is 15.1 Å². The van der Waals surface area contributed by atoms with Crippen molar-refractivity contribution in [3.05, 3.63) is 53.9 Å². The molecular formula is C14H19N3. The van der Waals surface area contributed by atoms with Crippen molar-refractivity contribution in [2.45, 2.75) is 12.8 Å². The first-order valence-corrected chi connectivity index (χ1v) is 6.08. The number of benzene rings is 1. The summed E-state index contributed by atoms with van der Waals surface area (Å²) in [6.45, 7) is 2.04. The first kappa shape index (κ1) is 11.9. The molecule has 0 amide bonds. The Kier molecular flexibility index (Phi) is 4.33. The molecule has 0 aliphatic rings. The molecule has 0 saturated carbocycles. The van der Waals surface area contributed by atoms with E-state index in [4.69, 9.17) is 0 Å². The Bertz CT molecular complexity index is 434. The van der Waals surface area contributed by atoms with Crippen molar-refractivity contribution in [2.75, 3.05) is 13.1 Å². The van der Waals surface area contributed by atoms with Crippen LogP contribution in [0.15, 0.2) is 42.6 Å². The third kappa shape index (κ3) is 3.71. The standard InChI is InChI=1S/C14H19N3/c1-17-14(9-12-16-17)8-11-15-10-7-13-5-3-2-4-6-13/h2-6,9,12,15H,7-8,10-11H2,1H3. The maximum Gasteiger partial charge on any atom is 0.0492 e. The average molecular weight is 229 g/mol. The molecule has 0 bridgehead atoms. The Hall–Kier alpha value is -1.61. The molecule has 3 heteroatoms. The van der Waals surface area contributed by atoms with Gasteiger partial charge in [-0.05, 0) is 24.6 Å². The molecule has 0 aliphatic heterocycles. The summed E-state index contributed by atoms with van der Waals surface area (Å²) >= 11 is 0. The van der Waals surface area contributed by atoms with E-state index in [0.717, 1.165) is 25.9 Å². The molecule has 3 nitrogen and oxygen atoms in total. The van der Waals surface area contributed by atoms with E-state index in [1.807, 2.05) is 17.9 Å². The average Bonchev–Trinajstić information content (AvgIpc) is 2.76. The van der Waals surface area contributed by atoms with Crippen molar-refractivity contribution in [3.8, 4) is 0 Å². The van der Waals surface area contributed by atoms with Crippen LogP contribution in [0.5, 0.6) is 0 Å². The second kappa shape index (κ2) is 6.21. The van der Waals surface area contributed by atoms with Crippen LogP contribution in [0.25, 0.3) is 0 Å². The third-order valence-corrected chi connectivity index (χ3v) is 2.91. The molecule has 1 aromatic heterocycles. The van der Waals surface area contributed by atoms with Gasteiger partial charge >= 0.3 is 0 Å². The van der Waals surface area contributed by atoms with E-state index in [-0.39, 0.29) is 0 Å². The van der Waals surface area contributed by atoms with Crippen LogP contribution in [0.2, 0.25) is 0 Å². The number of aryl methyl sites for hydroxylation is 1. The summed E-state index contributed by atoms with van der Waals surface area (Å²) < 4.78 is 1.93. The summed E-state index contributed by atoms with van der Waals surface area (Å²) in [5.41, 5.74) is 2.66. The molecule has 0 aliphatic carbocycles. The molecule has 1 heterocycles. The van der Waals surface area contributed by atoms with Crippen LogP contribution < -0.4 is 5.32 Å². The quantitative estimate of drug-likeness (QED) is 0.765. The van der Waals surface area contributed by atoms with Gasteiger partial charge < -0.3 is 5.32 Å². The van der Waals surface area contributed by atoms with E-state index in [9.17, 15) is 0 Å². The highest BCUT2D eigenvalue weighted by Crippen LogP contribution is 1.99. The maximum absolute atomic E-state index is 4.15.